The molecule has 0 aliphatic heterocycles. The highest BCUT2D eigenvalue weighted by molar-refractivity contribution is 7.89. The maximum atomic E-state index is 12.2. The van der Waals surface area contributed by atoms with Crippen LogP contribution in [0.15, 0.2) is 59.5 Å². The van der Waals surface area contributed by atoms with Crippen molar-refractivity contribution in [1.29, 1.82) is 0 Å². The van der Waals surface area contributed by atoms with Crippen molar-refractivity contribution in [3.05, 3.63) is 60.2 Å². The first kappa shape index (κ1) is 22.9. The minimum absolute atomic E-state index is 0.0352. The van der Waals surface area contributed by atoms with E-state index in [1.165, 1.54) is 17.7 Å². The van der Waals surface area contributed by atoms with Crippen molar-refractivity contribution < 1.29 is 17.9 Å². The molecular weight excluding hydrogens is 388 g/mol. The second kappa shape index (κ2) is 11.6. The van der Waals surface area contributed by atoms with Crippen LogP contribution in [0, 0.1) is 0 Å². The van der Waals surface area contributed by atoms with Gasteiger partial charge in [-0.25, -0.2) is 13.1 Å². The van der Waals surface area contributed by atoms with Crippen molar-refractivity contribution in [2.24, 2.45) is 0 Å². The standard InChI is InChI=1S/C22H30N2O4S/c1-3-4-16-23-29(26,27)21-14-12-20(13-15-21)28-17-22(25)24-18(2)10-11-19-8-6-5-7-9-19/h5-9,12-15,18,23H,3-4,10-11,16-17H2,1-2H3,(H,24,25)/t18-/m1/s1. The van der Waals surface area contributed by atoms with E-state index >= 15 is 0 Å². The van der Waals surface area contributed by atoms with Crippen LogP contribution in [0.3, 0.4) is 0 Å². The van der Waals surface area contributed by atoms with Gasteiger partial charge in [-0.15, -0.1) is 0 Å². The van der Waals surface area contributed by atoms with Gasteiger partial charge in [-0.2, -0.15) is 0 Å². The van der Waals surface area contributed by atoms with E-state index in [9.17, 15) is 13.2 Å². The Morgan fingerprint density at radius 3 is 2.41 bits per heavy atom. The molecule has 2 aromatic rings. The molecule has 6 nitrogen and oxygen atoms in total. The van der Waals surface area contributed by atoms with Crippen LogP contribution in [0.2, 0.25) is 0 Å². The molecule has 0 fully saturated rings. The summed E-state index contributed by atoms with van der Waals surface area (Å²) in [6.45, 7) is 4.27. The molecule has 0 saturated carbocycles. The Morgan fingerprint density at radius 2 is 1.76 bits per heavy atom. The lowest BCUT2D eigenvalue weighted by atomic mass is 10.1. The first-order valence-corrected chi connectivity index (χ1v) is 11.4. The van der Waals surface area contributed by atoms with E-state index in [2.05, 4.69) is 22.2 Å². The van der Waals surface area contributed by atoms with Crippen LogP contribution in [-0.2, 0) is 21.2 Å². The van der Waals surface area contributed by atoms with Crippen LogP contribution in [0.25, 0.3) is 0 Å². The summed E-state index contributed by atoms with van der Waals surface area (Å²) in [5, 5.41) is 2.91. The fourth-order valence-corrected chi connectivity index (χ4v) is 3.82. The molecule has 1 atom stereocenters. The van der Waals surface area contributed by atoms with Crippen LogP contribution in [0.1, 0.15) is 38.7 Å². The average Bonchev–Trinajstić information content (AvgIpc) is 2.72. The smallest absolute Gasteiger partial charge is 0.258 e. The summed E-state index contributed by atoms with van der Waals surface area (Å²) in [6.07, 6.45) is 3.44. The maximum absolute atomic E-state index is 12.2. The number of nitrogens with one attached hydrogen (secondary N) is 2. The number of hydrogen-bond donors (Lipinski definition) is 2. The molecule has 0 radical (unpaired) electrons. The molecule has 0 heterocycles. The van der Waals surface area contributed by atoms with E-state index < -0.39 is 10.0 Å². The van der Waals surface area contributed by atoms with Gasteiger partial charge in [0, 0.05) is 12.6 Å². The first-order valence-electron chi connectivity index (χ1n) is 9.96. The number of sulfonamides is 1. The Morgan fingerprint density at radius 1 is 1.07 bits per heavy atom. The Balaban J connectivity index is 1.75. The van der Waals surface area contributed by atoms with Gasteiger partial charge in [-0.05, 0) is 56.0 Å². The van der Waals surface area contributed by atoms with Crippen molar-refractivity contribution in [2.75, 3.05) is 13.2 Å². The van der Waals surface area contributed by atoms with E-state index in [1.807, 2.05) is 32.0 Å². The monoisotopic (exact) mass is 418 g/mol. The molecule has 158 valence electrons. The number of carbonyl (C=O) groups excluding carboxylic acids is 1. The second-order valence-electron chi connectivity index (χ2n) is 7.00. The topological polar surface area (TPSA) is 84.5 Å². The summed E-state index contributed by atoms with van der Waals surface area (Å²) in [6, 6.07) is 16.2. The maximum Gasteiger partial charge on any atom is 0.258 e. The molecule has 2 rings (SSSR count). The first-order chi connectivity index (χ1) is 13.9. The SMILES string of the molecule is CCCCNS(=O)(=O)c1ccc(OCC(=O)N[C@H](C)CCc2ccccc2)cc1. The minimum Gasteiger partial charge on any atom is -0.484 e. The molecule has 1 amide bonds. The van der Waals surface area contributed by atoms with Crippen molar-refractivity contribution in [3.63, 3.8) is 0 Å². The number of benzene rings is 2. The lowest BCUT2D eigenvalue weighted by Gasteiger charge is -2.14. The van der Waals surface area contributed by atoms with Gasteiger partial charge < -0.3 is 10.1 Å². The number of carbonyl (C=O) groups is 1. The fourth-order valence-electron chi connectivity index (χ4n) is 2.75. The normalized spacial score (nSPS) is 12.3. The molecule has 2 aromatic carbocycles. The lowest BCUT2D eigenvalue weighted by molar-refractivity contribution is -0.123. The number of hydrogen-bond acceptors (Lipinski definition) is 4. The third-order valence-electron chi connectivity index (χ3n) is 4.44. The molecule has 0 aromatic heterocycles. The quantitative estimate of drug-likeness (QED) is 0.518. The number of unbranched alkanes of at least 4 members (excludes halogenated alkanes) is 1. The van der Waals surface area contributed by atoms with Crippen LogP contribution in [0.4, 0.5) is 0 Å². The number of ether oxygens (including phenoxy) is 1. The second-order valence-corrected chi connectivity index (χ2v) is 8.77. The molecule has 0 bridgehead atoms. The molecule has 2 N–H and O–H groups in total. The third kappa shape index (κ3) is 8.25. The van der Waals surface area contributed by atoms with Gasteiger partial charge in [0.05, 0.1) is 4.90 Å². The highest BCUT2D eigenvalue weighted by Crippen LogP contribution is 2.16. The van der Waals surface area contributed by atoms with Crippen molar-refractivity contribution in [1.82, 2.24) is 10.0 Å². The van der Waals surface area contributed by atoms with E-state index in [4.69, 9.17) is 4.74 Å². The molecule has 7 heteroatoms. The third-order valence-corrected chi connectivity index (χ3v) is 5.92. The predicted octanol–water partition coefficient (Wildman–Crippen LogP) is 3.28. The summed E-state index contributed by atoms with van der Waals surface area (Å²) in [4.78, 5) is 12.2. The highest BCUT2D eigenvalue weighted by atomic mass is 32.2. The predicted molar refractivity (Wildman–Crippen MR) is 114 cm³/mol. The highest BCUT2D eigenvalue weighted by Gasteiger charge is 2.13. The number of amides is 1. The Kier molecular flexibility index (Phi) is 9.15. The van der Waals surface area contributed by atoms with Crippen LogP contribution in [-0.4, -0.2) is 33.5 Å². The fraction of sp³-hybridized carbons (Fsp3) is 0.409. The van der Waals surface area contributed by atoms with E-state index in [0.29, 0.717) is 12.3 Å². The molecule has 0 spiro atoms. The zero-order valence-electron chi connectivity index (χ0n) is 17.1. The van der Waals surface area contributed by atoms with Gasteiger partial charge in [0.2, 0.25) is 10.0 Å². The molecule has 0 aliphatic rings. The van der Waals surface area contributed by atoms with Gasteiger partial charge >= 0.3 is 0 Å². The number of rotatable bonds is 12. The van der Waals surface area contributed by atoms with Gasteiger partial charge in [0.25, 0.3) is 5.91 Å². The van der Waals surface area contributed by atoms with Gasteiger partial charge in [-0.1, -0.05) is 43.7 Å². The van der Waals surface area contributed by atoms with Crippen LogP contribution in [0.5, 0.6) is 5.75 Å². The Bertz CT molecular complexity index is 852. The van der Waals surface area contributed by atoms with E-state index in [1.54, 1.807) is 12.1 Å². The van der Waals surface area contributed by atoms with Crippen LogP contribution >= 0.6 is 0 Å². The molecular formula is C22H30N2O4S. The Labute approximate surface area is 173 Å². The van der Waals surface area contributed by atoms with Crippen LogP contribution < -0.4 is 14.8 Å². The summed E-state index contributed by atoms with van der Waals surface area (Å²) in [5.41, 5.74) is 1.24. The summed E-state index contributed by atoms with van der Waals surface area (Å²) < 4.78 is 32.3. The van der Waals surface area contributed by atoms with Crippen molar-refractivity contribution >= 4 is 15.9 Å². The largest absolute Gasteiger partial charge is 0.484 e. The van der Waals surface area contributed by atoms with Gasteiger partial charge in [0.15, 0.2) is 6.61 Å². The summed E-state index contributed by atoms with van der Waals surface area (Å²) in [7, 11) is -3.51. The van der Waals surface area contributed by atoms with Gasteiger partial charge in [-0.3, -0.25) is 4.79 Å². The summed E-state index contributed by atoms with van der Waals surface area (Å²) >= 11 is 0. The minimum atomic E-state index is -3.51. The summed E-state index contributed by atoms with van der Waals surface area (Å²) in [5.74, 6) is 0.244. The zero-order chi connectivity index (χ0) is 21.1. The molecule has 0 saturated heterocycles. The van der Waals surface area contributed by atoms with E-state index in [-0.39, 0.29) is 23.5 Å². The Hall–Kier alpha value is -2.38. The lowest BCUT2D eigenvalue weighted by Crippen LogP contribution is -2.36. The molecule has 0 unspecified atom stereocenters. The zero-order valence-corrected chi connectivity index (χ0v) is 17.9. The van der Waals surface area contributed by atoms with Crippen molar-refractivity contribution in [3.8, 4) is 5.75 Å². The number of aryl methyl sites for hydroxylation is 1. The molecule has 0 aliphatic carbocycles. The van der Waals surface area contributed by atoms with E-state index in [0.717, 1.165) is 25.7 Å². The molecule has 29 heavy (non-hydrogen) atoms. The average molecular weight is 419 g/mol. The van der Waals surface area contributed by atoms with Crippen molar-refractivity contribution in [2.45, 2.75) is 50.5 Å². The van der Waals surface area contributed by atoms with Gasteiger partial charge in [0.1, 0.15) is 5.75 Å².